The molecule has 0 unspecified atom stereocenters. The third kappa shape index (κ3) is 6.47. The van der Waals surface area contributed by atoms with Crippen LogP contribution in [0, 0.1) is 5.41 Å². The molecular formula is C23H24N4O8. The first-order valence-corrected chi connectivity index (χ1v) is 10.6. The van der Waals surface area contributed by atoms with Gasteiger partial charge in [0.25, 0.3) is 5.91 Å². The van der Waals surface area contributed by atoms with Crippen molar-refractivity contribution >= 4 is 35.5 Å². The molecule has 0 saturated carbocycles. The minimum Gasteiger partial charge on any atom is -0.489 e. The van der Waals surface area contributed by atoms with Crippen LogP contribution in [0.5, 0.6) is 11.5 Å². The average Bonchev–Trinajstić information content (AvgIpc) is 2.78. The molecule has 1 amide bonds. The van der Waals surface area contributed by atoms with E-state index in [-0.39, 0.29) is 41.7 Å². The van der Waals surface area contributed by atoms with E-state index in [1.807, 2.05) is 0 Å². The molecule has 0 radical (unpaired) electrons. The number of amides is 1. The summed E-state index contributed by atoms with van der Waals surface area (Å²) < 4.78 is 11.3. The summed E-state index contributed by atoms with van der Waals surface area (Å²) >= 11 is 0. The molecule has 0 bridgehead atoms. The Balaban J connectivity index is 1.94. The monoisotopic (exact) mass is 484 g/mol. The largest absolute Gasteiger partial charge is 0.489 e. The lowest BCUT2D eigenvalue weighted by Gasteiger charge is -2.23. The number of nitrogens with one attached hydrogen (secondary N) is 2. The first-order valence-electron chi connectivity index (χ1n) is 10.6. The first-order chi connectivity index (χ1) is 16.7. The van der Waals surface area contributed by atoms with E-state index in [1.165, 1.54) is 18.2 Å². The van der Waals surface area contributed by atoms with Crippen molar-refractivity contribution in [2.75, 3.05) is 25.0 Å². The van der Waals surface area contributed by atoms with Crippen LogP contribution in [-0.2, 0) is 16.0 Å². The maximum atomic E-state index is 13.1. The highest BCUT2D eigenvalue weighted by molar-refractivity contribution is 6.00. The van der Waals surface area contributed by atoms with Crippen LogP contribution in [0.3, 0.4) is 0 Å². The van der Waals surface area contributed by atoms with Gasteiger partial charge in [0, 0.05) is 12.2 Å². The predicted molar refractivity (Wildman–Crippen MR) is 123 cm³/mol. The lowest BCUT2D eigenvalue weighted by molar-refractivity contribution is -0.140. The molecule has 1 aliphatic rings. The number of aryl methyl sites for hydroxylation is 1. The Bertz CT molecular complexity index is 1180. The number of carbonyl (C=O) groups excluding carboxylic acids is 2. The van der Waals surface area contributed by atoms with Crippen LogP contribution in [0.25, 0.3) is 0 Å². The molecule has 2 aromatic rings. The normalized spacial score (nSPS) is 12.7. The van der Waals surface area contributed by atoms with Crippen molar-refractivity contribution in [2.24, 2.45) is 5.73 Å². The SMILES string of the molecule is N=C(N)Nc1ccc2c(c1)CCCOc1c(cccc1C(=O)N(CCC(=O)O)CC(=O)O)OC2=O. The topological polar surface area (TPSA) is 192 Å². The number of hydrogen-bond donors (Lipinski definition) is 5. The summed E-state index contributed by atoms with van der Waals surface area (Å²) in [6.07, 6.45) is 0.442. The molecule has 0 fully saturated rings. The van der Waals surface area contributed by atoms with Crippen molar-refractivity contribution in [3.63, 3.8) is 0 Å². The zero-order valence-corrected chi connectivity index (χ0v) is 18.6. The highest BCUT2D eigenvalue weighted by atomic mass is 16.6. The molecule has 0 aliphatic carbocycles. The number of aliphatic carboxylic acids is 2. The molecule has 12 heteroatoms. The number of carbonyl (C=O) groups is 4. The second-order valence-corrected chi connectivity index (χ2v) is 7.65. The van der Waals surface area contributed by atoms with Gasteiger partial charge in [-0.15, -0.1) is 0 Å². The predicted octanol–water partition coefficient (Wildman–Crippen LogP) is 1.54. The van der Waals surface area contributed by atoms with Gasteiger partial charge in [-0.25, -0.2) is 4.79 Å². The Kier molecular flexibility index (Phi) is 7.87. The molecule has 6 N–H and O–H groups in total. The maximum Gasteiger partial charge on any atom is 0.343 e. The van der Waals surface area contributed by atoms with E-state index in [4.69, 9.17) is 30.8 Å². The molecule has 0 atom stereocenters. The number of fused-ring (bicyclic) bond motifs is 2. The van der Waals surface area contributed by atoms with E-state index in [9.17, 15) is 19.2 Å². The number of carboxylic acids is 2. The van der Waals surface area contributed by atoms with Crippen LogP contribution >= 0.6 is 0 Å². The van der Waals surface area contributed by atoms with Crippen molar-refractivity contribution < 1.29 is 38.9 Å². The van der Waals surface area contributed by atoms with Gasteiger partial charge in [-0.3, -0.25) is 19.8 Å². The molecule has 2 aromatic carbocycles. The molecule has 1 heterocycles. The second kappa shape index (κ2) is 11.0. The van der Waals surface area contributed by atoms with Gasteiger partial charge in [-0.2, -0.15) is 0 Å². The molecule has 0 spiro atoms. The van der Waals surface area contributed by atoms with E-state index >= 15 is 0 Å². The Hall–Kier alpha value is -4.61. The Labute approximate surface area is 199 Å². The van der Waals surface area contributed by atoms with Crippen LogP contribution in [-0.4, -0.2) is 64.6 Å². The van der Waals surface area contributed by atoms with E-state index in [1.54, 1.807) is 18.2 Å². The minimum atomic E-state index is -1.31. The van der Waals surface area contributed by atoms with Gasteiger partial charge in [0.15, 0.2) is 17.5 Å². The lowest BCUT2D eigenvalue weighted by atomic mass is 10.0. The van der Waals surface area contributed by atoms with E-state index < -0.39 is 36.8 Å². The second-order valence-electron chi connectivity index (χ2n) is 7.65. The summed E-state index contributed by atoms with van der Waals surface area (Å²) in [5.74, 6) is -4.27. The molecule has 35 heavy (non-hydrogen) atoms. The third-order valence-electron chi connectivity index (χ3n) is 5.06. The van der Waals surface area contributed by atoms with Crippen LogP contribution in [0.2, 0.25) is 0 Å². The summed E-state index contributed by atoms with van der Waals surface area (Å²) in [5.41, 5.74) is 6.80. The molecule has 184 valence electrons. The van der Waals surface area contributed by atoms with Gasteiger partial charge in [-0.05, 0) is 48.7 Å². The van der Waals surface area contributed by atoms with Crippen molar-refractivity contribution in [3.05, 3.63) is 53.1 Å². The highest BCUT2D eigenvalue weighted by Gasteiger charge is 2.27. The number of ether oxygens (including phenoxy) is 2. The molecule has 12 nitrogen and oxygen atoms in total. The van der Waals surface area contributed by atoms with E-state index in [2.05, 4.69) is 5.32 Å². The smallest absolute Gasteiger partial charge is 0.343 e. The number of rotatable bonds is 7. The molecule has 3 rings (SSSR count). The van der Waals surface area contributed by atoms with Crippen molar-refractivity contribution in [1.82, 2.24) is 4.90 Å². The fourth-order valence-electron chi connectivity index (χ4n) is 3.55. The number of esters is 1. The number of nitrogens with zero attached hydrogens (tertiary/aromatic N) is 1. The van der Waals surface area contributed by atoms with Gasteiger partial charge in [-0.1, -0.05) is 6.07 Å². The summed E-state index contributed by atoms with van der Waals surface area (Å²) in [6, 6.07) is 9.09. The Morgan fingerprint density at radius 2 is 1.91 bits per heavy atom. The van der Waals surface area contributed by atoms with Crippen molar-refractivity contribution in [3.8, 4) is 11.5 Å². The maximum absolute atomic E-state index is 13.1. The Morgan fingerprint density at radius 3 is 2.60 bits per heavy atom. The van der Waals surface area contributed by atoms with E-state index in [0.717, 1.165) is 4.90 Å². The third-order valence-corrected chi connectivity index (χ3v) is 5.06. The molecular weight excluding hydrogens is 460 g/mol. The van der Waals surface area contributed by atoms with Crippen LogP contribution < -0.4 is 20.5 Å². The van der Waals surface area contributed by atoms with Gasteiger partial charge >= 0.3 is 17.9 Å². The highest BCUT2D eigenvalue weighted by Crippen LogP contribution is 2.34. The van der Waals surface area contributed by atoms with Gasteiger partial charge in [0.05, 0.1) is 24.2 Å². The molecule has 0 saturated heterocycles. The van der Waals surface area contributed by atoms with Crippen LogP contribution in [0.15, 0.2) is 36.4 Å². The lowest BCUT2D eigenvalue weighted by Crippen LogP contribution is -2.37. The standard InChI is InChI=1S/C23H24N4O8/c24-23(25)26-14-6-7-15-13(11-14)3-2-10-34-20-16(4-1-5-17(20)35-22(15)33)21(32)27(12-19(30)31)9-8-18(28)29/h1,4-7,11H,2-3,8-10,12H2,(H,28,29)(H,30,31)(H4,24,25,26). The number of para-hydroxylation sites is 1. The van der Waals surface area contributed by atoms with Crippen molar-refractivity contribution in [1.29, 1.82) is 5.41 Å². The van der Waals surface area contributed by atoms with Crippen LogP contribution in [0.4, 0.5) is 5.69 Å². The fraction of sp³-hybridized carbons (Fsp3) is 0.261. The number of guanidine groups is 1. The summed E-state index contributed by atoms with van der Waals surface area (Å²) in [6.45, 7) is -0.889. The quantitative estimate of drug-likeness (QED) is 0.167. The first kappa shape index (κ1) is 25.0. The molecule has 1 aliphatic heterocycles. The number of benzene rings is 2. The average molecular weight is 484 g/mol. The van der Waals surface area contributed by atoms with Gasteiger partial charge in [0.1, 0.15) is 6.54 Å². The minimum absolute atomic E-state index is 0.0325. The summed E-state index contributed by atoms with van der Waals surface area (Å²) in [4.78, 5) is 49.2. The number of carboxylic acid groups (broad SMARTS) is 2. The summed E-state index contributed by atoms with van der Waals surface area (Å²) in [7, 11) is 0. The van der Waals surface area contributed by atoms with E-state index in [0.29, 0.717) is 24.1 Å². The number of hydrogen-bond acceptors (Lipinski definition) is 7. The fourth-order valence-corrected chi connectivity index (χ4v) is 3.55. The van der Waals surface area contributed by atoms with Crippen molar-refractivity contribution in [2.45, 2.75) is 19.3 Å². The van der Waals surface area contributed by atoms with Crippen LogP contribution in [0.1, 0.15) is 39.1 Å². The van der Waals surface area contributed by atoms with Gasteiger partial charge in [0.2, 0.25) is 0 Å². The zero-order valence-electron chi connectivity index (χ0n) is 18.6. The zero-order chi connectivity index (χ0) is 25.5. The number of nitrogens with two attached hydrogens (primary N) is 1. The Morgan fingerprint density at radius 1 is 1.14 bits per heavy atom. The summed E-state index contributed by atoms with van der Waals surface area (Å²) in [5, 5.41) is 28.1. The number of anilines is 1. The molecule has 0 aromatic heterocycles. The van der Waals surface area contributed by atoms with Gasteiger partial charge < -0.3 is 35.6 Å².